The highest BCUT2D eigenvalue weighted by Crippen LogP contribution is 2.36. The lowest BCUT2D eigenvalue weighted by atomic mass is 10.2. The van der Waals surface area contributed by atoms with Gasteiger partial charge in [-0.2, -0.15) is 13.2 Å². The van der Waals surface area contributed by atoms with Gasteiger partial charge in [0.05, 0.1) is 29.9 Å². The molecule has 30 heavy (non-hydrogen) atoms. The zero-order valence-electron chi connectivity index (χ0n) is 16.5. The highest BCUT2D eigenvalue weighted by Gasteiger charge is 2.32. The number of hydrogen-bond donors (Lipinski definition) is 0. The Labute approximate surface area is 176 Å². The molecular weight excluding hydrogens is 417 g/mol. The number of likely N-dealkylation sites (N-methyl/N-ethyl adjacent to an activating group) is 1. The van der Waals surface area contributed by atoms with Crippen LogP contribution in [0.2, 0.25) is 0 Å². The molecule has 1 saturated heterocycles. The molecule has 1 amide bonds. The Hall–Kier alpha value is -2.94. The van der Waals surface area contributed by atoms with Crippen LogP contribution in [-0.4, -0.2) is 36.7 Å². The van der Waals surface area contributed by atoms with E-state index in [1.807, 2.05) is 6.92 Å². The van der Waals surface area contributed by atoms with Gasteiger partial charge in [0, 0.05) is 7.05 Å². The Kier molecular flexibility index (Phi) is 6.40. The number of amidine groups is 1. The Morgan fingerprint density at radius 2 is 1.93 bits per heavy atom. The predicted octanol–water partition coefficient (Wildman–Crippen LogP) is 5.35. The molecule has 1 fully saturated rings. The minimum atomic E-state index is -4.46. The van der Waals surface area contributed by atoms with Crippen molar-refractivity contribution in [1.29, 1.82) is 0 Å². The Morgan fingerprint density at radius 3 is 2.60 bits per heavy atom. The highest BCUT2D eigenvalue weighted by molar-refractivity contribution is 8.18. The van der Waals surface area contributed by atoms with Gasteiger partial charge in [-0.25, -0.2) is 4.99 Å². The van der Waals surface area contributed by atoms with E-state index in [1.54, 1.807) is 24.3 Å². The first-order valence-corrected chi connectivity index (χ1v) is 9.79. The first-order valence-electron chi connectivity index (χ1n) is 8.97. The number of benzene rings is 2. The van der Waals surface area contributed by atoms with E-state index < -0.39 is 11.7 Å². The van der Waals surface area contributed by atoms with E-state index in [1.165, 1.54) is 31.2 Å². The van der Waals surface area contributed by atoms with Gasteiger partial charge in [-0.1, -0.05) is 12.1 Å². The molecule has 0 atom stereocenters. The normalized spacial score (nSPS) is 17.1. The molecule has 1 aliphatic heterocycles. The van der Waals surface area contributed by atoms with E-state index >= 15 is 0 Å². The molecule has 3 rings (SSSR count). The maximum absolute atomic E-state index is 12.9. The van der Waals surface area contributed by atoms with Crippen LogP contribution in [0.15, 0.2) is 52.4 Å². The molecule has 1 aliphatic rings. The average Bonchev–Trinajstić information content (AvgIpc) is 2.96. The van der Waals surface area contributed by atoms with Gasteiger partial charge >= 0.3 is 6.18 Å². The Morgan fingerprint density at radius 1 is 1.17 bits per heavy atom. The monoisotopic (exact) mass is 436 g/mol. The summed E-state index contributed by atoms with van der Waals surface area (Å²) in [5.41, 5.74) is 0.0504. The molecule has 1 heterocycles. The SMILES string of the molecule is CCOc1ccc(/C=C2/SC(=Nc3cccc(C(F)(F)F)c3)N(C)C2=O)cc1OC. The van der Waals surface area contributed by atoms with Crippen molar-refractivity contribution in [2.75, 3.05) is 20.8 Å². The van der Waals surface area contributed by atoms with E-state index in [0.717, 1.165) is 29.5 Å². The largest absolute Gasteiger partial charge is 0.493 e. The summed E-state index contributed by atoms with van der Waals surface area (Å²) >= 11 is 1.09. The number of carbonyl (C=O) groups excluding carboxylic acids is 1. The summed E-state index contributed by atoms with van der Waals surface area (Å²) in [5, 5.41) is 0.295. The van der Waals surface area contributed by atoms with Crippen molar-refractivity contribution in [3.63, 3.8) is 0 Å². The van der Waals surface area contributed by atoms with Gasteiger partial charge in [0.2, 0.25) is 0 Å². The number of hydrogen-bond acceptors (Lipinski definition) is 5. The fourth-order valence-corrected chi connectivity index (χ4v) is 3.70. The summed E-state index contributed by atoms with van der Waals surface area (Å²) < 4.78 is 49.6. The third-order valence-electron chi connectivity index (χ3n) is 4.19. The molecule has 2 aromatic rings. The van der Waals surface area contributed by atoms with Gasteiger partial charge in [-0.3, -0.25) is 9.69 Å². The van der Waals surface area contributed by atoms with Gasteiger partial charge in [0.25, 0.3) is 5.91 Å². The van der Waals surface area contributed by atoms with Gasteiger partial charge in [-0.05, 0) is 60.7 Å². The number of rotatable bonds is 5. The van der Waals surface area contributed by atoms with E-state index in [-0.39, 0.29) is 11.6 Å². The van der Waals surface area contributed by atoms with Crippen molar-refractivity contribution < 1.29 is 27.4 Å². The van der Waals surface area contributed by atoms with Crippen molar-refractivity contribution in [1.82, 2.24) is 4.90 Å². The van der Waals surface area contributed by atoms with Crippen LogP contribution in [0.1, 0.15) is 18.1 Å². The highest BCUT2D eigenvalue weighted by atomic mass is 32.2. The van der Waals surface area contributed by atoms with Crippen LogP contribution in [0.25, 0.3) is 6.08 Å². The molecule has 0 N–H and O–H groups in total. The molecule has 158 valence electrons. The maximum Gasteiger partial charge on any atom is 0.416 e. The van der Waals surface area contributed by atoms with Crippen LogP contribution in [-0.2, 0) is 11.0 Å². The number of nitrogens with zero attached hydrogens (tertiary/aromatic N) is 2. The number of alkyl halides is 3. The second kappa shape index (κ2) is 8.83. The van der Waals surface area contributed by atoms with Gasteiger partial charge < -0.3 is 9.47 Å². The minimum absolute atomic E-state index is 0.121. The fourth-order valence-electron chi connectivity index (χ4n) is 2.71. The van der Waals surface area contributed by atoms with Crippen molar-refractivity contribution in [3.8, 4) is 11.5 Å². The number of amides is 1. The maximum atomic E-state index is 12.9. The summed E-state index contributed by atoms with van der Waals surface area (Å²) in [7, 11) is 3.05. The van der Waals surface area contributed by atoms with Crippen molar-refractivity contribution in [2.24, 2.45) is 4.99 Å². The zero-order chi connectivity index (χ0) is 21.9. The molecule has 0 aromatic heterocycles. The van der Waals surface area contributed by atoms with Crippen LogP contribution in [0.3, 0.4) is 0 Å². The molecule has 0 aliphatic carbocycles. The van der Waals surface area contributed by atoms with Gasteiger partial charge in [-0.15, -0.1) is 0 Å². The van der Waals surface area contributed by atoms with Crippen molar-refractivity contribution >= 4 is 34.6 Å². The summed E-state index contributed by atoms with van der Waals surface area (Å²) in [5.74, 6) is 0.836. The predicted molar refractivity (Wildman–Crippen MR) is 111 cm³/mol. The summed E-state index contributed by atoms with van der Waals surface area (Å²) in [6, 6.07) is 9.95. The first-order chi connectivity index (χ1) is 14.2. The van der Waals surface area contributed by atoms with Crippen LogP contribution in [0.5, 0.6) is 11.5 Å². The molecule has 5 nitrogen and oxygen atoms in total. The number of carbonyl (C=O) groups is 1. The fraction of sp³-hybridized carbons (Fsp3) is 0.238. The lowest BCUT2D eigenvalue weighted by Crippen LogP contribution is -2.23. The Balaban J connectivity index is 1.88. The average molecular weight is 436 g/mol. The Bertz CT molecular complexity index is 1020. The summed E-state index contributed by atoms with van der Waals surface area (Å²) in [4.78, 5) is 18.5. The van der Waals surface area contributed by atoms with E-state index in [2.05, 4.69) is 4.99 Å². The molecule has 0 radical (unpaired) electrons. The second-order valence-electron chi connectivity index (χ2n) is 6.26. The van der Waals surface area contributed by atoms with E-state index in [0.29, 0.717) is 28.2 Å². The van der Waals surface area contributed by atoms with Gasteiger partial charge in [0.1, 0.15) is 0 Å². The molecule has 9 heteroatoms. The zero-order valence-corrected chi connectivity index (χ0v) is 17.3. The number of halogens is 3. The first kappa shape index (κ1) is 21.8. The molecule has 0 saturated carbocycles. The number of thioether (sulfide) groups is 1. The number of ether oxygens (including phenoxy) is 2. The molecule has 0 unspecified atom stereocenters. The summed E-state index contributed by atoms with van der Waals surface area (Å²) in [6.07, 6.45) is -2.78. The minimum Gasteiger partial charge on any atom is -0.493 e. The third kappa shape index (κ3) is 4.79. The topological polar surface area (TPSA) is 51.1 Å². The van der Waals surface area contributed by atoms with Crippen LogP contribution >= 0.6 is 11.8 Å². The van der Waals surface area contributed by atoms with E-state index in [4.69, 9.17) is 9.47 Å². The van der Waals surface area contributed by atoms with E-state index in [9.17, 15) is 18.0 Å². The standard InChI is InChI=1S/C21H19F3N2O3S/c1-4-29-16-9-8-13(10-17(16)28-3)11-18-19(27)26(2)20(30-18)25-15-7-5-6-14(12-15)21(22,23)24/h5-12H,4H2,1-3H3/b18-11+,25-20?. The molecule has 0 bridgehead atoms. The molecule has 2 aromatic carbocycles. The van der Waals surface area contributed by atoms with Crippen LogP contribution < -0.4 is 9.47 Å². The number of methoxy groups -OCH3 is 1. The lowest BCUT2D eigenvalue weighted by molar-refractivity contribution is -0.137. The van der Waals surface area contributed by atoms with Crippen LogP contribution in [0.4, 0.5) is 18.9 Å². The van der Waals surface area contributed by atoms with Crippen molar-refractivity contribution in [3.05, 3.63) is 58.5 Å². The third-order valence-corrected chi connectivity index (χ3v) is 5.25. The van der Waals surface area contributed by atoms with Gasteiger partial charge in [0.15, 0.2) is 16.7 Å². The number of aliphatic imine (C=N–C) groups is 1. The summed E-state index contributed by atoms with van der Waals surface area (Å²) in [6.45, 7) is 2.36. The lowest BCUT2D eigenvalue weighted by Gasteiger charge is -2.09. The quantitative estimate of drug-likeness (QED) is 0.593. The second-order valence-corrected chi connectivity index (χ2v) is 7.27. The molecule has 0 spiro atoms. The van der Waals surface area contributed by atoms with Crippen molar-refractivity contribution in [2.45, 2.75) is 13.1 Å². The van der Waals surface area contributed by atoms with Crippen LogP contribution in [0, 0.1) is 0 Å². The smallest absolute Gasteiger partial charge is 0.416 e. The molecular formula is C21H19F3N2O3S.